The molecular weight excluding hydrogens is 299 g/mol. The summed E-state index contributed by atoms with van der Waals surface area (Å²) in [6, 6.07) is 0.505. The fourth-order valence-corrected chi connectivity index (χ4v) is 2.74. The van der Waals surface area contributed by atoms with E-state index in [1.165, 1.54) is 12.8 Å². The van der Waals surface area contributed by atoms with E-state index < -0.39 is 0 Å². The van der Waals surface area contributed by atoms with Crippen LogP contribution in [0.3, 0.4) is 0 Å². The zero-order valence-electron chi connectivity index (χ0n) is 12.2. The number of rotatable bonds is 0. The minimum Gasteiger partial charge on any atom is -0.393 e. The van der Waals surface area contributed by atoms with Crippen molar-refractivity contribution in [1.29, 1.82) is 0 Å². The van der Waals surface area contributed by atoms with Gasteiger partial charge < -0.3 is 21.7 Å². The van der Waals surface area contributed by atoms with Crippen LogP contribution in [0.2, 0.25) is 0 Å². The summed E-state index contributed by atoms with van der Waals surface area (Å²) in [5, 5.41) is 18.4. The van der Waals surface area contributed by atoms with Gasteiger partial charge in [-0.2, -0.15) is 0 Å². The van der Waals surface area contributed by atoms with Crippen molar-refractivity contribution in [2.24, 2.45) is 11.5 Å². The zero-order chi connectivity index (χ0) is 13.4. The molecule has 0 bridgehead atoms. The van der Waals surface area contributed by atoms with E-state index in [-0.39, 0.29) is 49.1 Å². The normalized spacial score (nSPS) is 34.2. The molecule has 2 saturated carbocycles. The summed E-state index contributed by atoms with van der Waals surface area (Å²) in [7, 11) is 0. The Balaban J connectivity index is 0. The maximum Gasteiger partial charge on any atom is 0.0555 e. The number of halogens is 2. The van der Waals surface area contributed by atoms with Crippen LogP contribution in [0.25, 0.3) is 0 Å². The van der Waals surface area contributed by atoms with Gasteiger partial charge in [-0.3, -0.25) is 0 Å². The van der Waals surface area contributed by atoms with Crippen LogP contribution in [-0.4, -0.2) is 34.5 Å². The highest BCUT2D eigenvalue weighted by Crippen LogP contribution is 2.16. The van der Waals surface area contributed by atoms with Crippen molar-refractivity contribution in [3.8, 4) is 0 Å². The first-order valence-electron chi connectivity index (χ1n) is 7.45. The van der Waals surface area contributed by atoms with E-state index in [1.54, 1.807) is 0 Å². The number of hydrogen-bond donors (Lipinski definition) is 4. The van der Waals surface area contributed by atoms with Gasteiger partial charge in [-0.25, -0.2) is 0 Å². The largest absolute Gasteiger partial charge is 0.393 e. The molecule has 0 heterocycles. The summed E-state index contributed by atoms with van der Waals surface area (Å²) in [6.07, 6.45) is 10.1. The van der Waals surface area contributed by atoms with Gasteiger partial charge in [-0.15, -0.1) is 24.8 Å². The van der Waals surface area contributed by atoms with E-state index in [0.29, 0.717) is 0 Å². The predicted octanol–water partition coefficient (Wildman–Crippen LogP) is 2.12. The number of aliphatic hydroxyl groups is 2. The molecule has 0 aromatic carbocycles. The van der Waals surface area contributed by atoms with Crippen LogP contribution >= 0.6 is 24.8 Å². The van der Waals surface area contributed by atoms with Gasteiger partial charge in [0.05, 0.1) is 12.2 Å². The molecule has 2 fully saturated rings. The minimum atomic E-state index is -0.123. The lowest BCUT2D eigenvalue weighted by atomic mass is 10.1. The van der Waals surface area contributed by atoms with Crippen molar-refractivity contribution < 1.29 is 10.2 Å². The maximum absolute atomic E-state index is 9.18. The highest BCUT2D eigenvalue weighted by molar-refractivity contribution is 5.85. The van der Waals surface area contributed by atoms with Gasteiger partial charge >= 0.3 is 0 Å². The molecule has 6 heteroatoms. The lowest BCUT2D eigenvalue weighted by Crippen LogP contribution is -2.23. The van der Waals surface area contributed by atoms with Crippen molar-refractivity contribution in [2.45, 2.75) is 88.5 Å². The van der Waals surface area contributed by atoms with Crippen LogP contribution < -0.4 is 11.5 Å². The highest BCUT2D eigenvalue weighted by atomic mass is 35.5. The van der Waals surface area contributed by atoms with E-state index >= 15 is 0 Å². The van der Waals surface area contributed by atoms with Crippen LogP contribution in [0.5, 0.6) is 0 Å². The van der Waals surface area contributed by atoms with Gasteiger partial charge in [0.15, 0.2) is 0 Å². The van der Waals surface area contributed by atoms with Gasteiger partial charge in [0.2, 0.25) is 0 Å². The molecule has 0 radical (unpaired) electrons. The van der Waals surface area contributed by atoms with Crippen LogP contribution in [0, 0.1) is 0 Å². The first-order valence-corrected chi connectivity index (χ1v) is 7.45. The molecule has 2 aliphatic rings. The van der Waals surface area contributed by atoms with E-state index in [2.05, 4.69) is 0 Å². The third-order valence-electron chi connectivity index (χ3n) is 3.87. The van der Waals surface area contributed by atoms with Crippen molar-refractivity contribution in [3.05, 3.63) is 0 Å². The molecule has 6 N–H and O–H groups in total. The van der Waals surface area contributed by atoms with Gasteiger partial charge in [0, 0.05) is 12.1 Å². The number of nitrogens with two attached hydrogens (primary N) is 2. The molecule has 0 aromatic rings. The summed E-state index contributed by atoms with van der Waals surface area (Å²) in [5.41, 5.74) is 11.3. The average Bonchev–Trinajstić information content (AvgIpc) is 2.59. The molecule has 4 nitrogen and oxygen atoms in total. The Morgan fingerprint density at radius 3 is 1.25 bits per heavy atom. The van der Waals surface area contributed by atoms with Gasteiger partial charge in [0.1, 0.15) is 0 Å². The van der Waals surface area contributed by atoms with Crippen molar-refractivity contribution >= 4 is 24.8 Å². The second-order valence-corrected chi connectivity index (χ2v) is 5.87. The number of hydrogen-bond acceptors (Lipinski definition) is 4. The first-order chi connectivity index (χ1) is 8.58. The summed E-state index contributed by atoms with van der Waals surface area (Å²) in [6.45, 7) is 0. The summed E-state index contributed by atoms with van der Waals surface area (Å²) < 4.78 is 0. The van der Waals surface area contributed by atoms with Crippen LogP contribution in [0.15, 0.2) is 0 Å². The molecule has 4 atom stereocenters. The van der Waals surface area contributed by atoms with Gasteiger partial charge in [-0.05, 0) is 38.5 Å². The molecule has 2 rings (SSSR count). The Bertz CT molecular complexity index is 181. The summed E-state index contributed by atoms with van der Waals surface area (Å²) >= 11 is 0. The molecule has 0 amide bonds. The SMILES string of the molecule is Cl.Cl.N[C@@H]1CCCC[C@H](O)C1.N[C@H]1CCCC[C@@H](O)C1. The third-order valence-corrected chi connectivity index (χ3v) is 3.87. The fourth-order valence-electron chi connectivity index (χ4n) is 2.74. The zero-order valence-corrected chi connectivity index (χ0v) is 13.9. The van der Waals surface area contributed by atoms with Crippen molar-refractivity contribution in [1.82, 2.24) is 0 Å². The third kappa shape index (κ3) is 11.1. The predicted molar refractivity (Wildman–Crippen MR) is 88.6 cm³/mol. The van der Waals surface area contributed by atoms with E-state index in [1.807, 2.05) is 0 Å². The first kappa shape index (κ1) is 22.7. The molecule has 20 heavy (non-hydrogen) atoms. The highest BCUT2D eigenvalue weighted by Gasteiger charge is 2.14. The monoisotopic (exact) mass is 330 g/mol. The quantitative estimate of drug-likeness (QED) is 0.512. The van der Waals surface area contributed by atoms with Crippen molar-refractivity contribution in [2.75, 3.05) is 0 Å². The molecule has 0 unspecified atom stereocenters. The standard InChI is InChI=1S/2C7H15NO.2ClH/c2*8-6-3-1-2-4-7(9)5-6;;/h2*6-7,9H,1-5,8H2;2*1H/t2*6-,7+;;/m10../s1. The van der Waals surface area contributed by atoms with Crippen LogP contribution in [0.4, 0.5) is 0 Å². The Morgan fingerprint density at radius 1 is 0.600 bits per heavy atom. The Hall–Kier alpha value is 0.420. The van der Waals surface area contributed by atoms with Gasteiger partial charge in [0.25, 0.3) is 0 Å². The summed E-state index contributed by atoms with van der Waals surface area (Å²) in [5.74, 6) is 0. The van der Waals surface area contributed by atoms with Crippen molar-refractivity contribution in [3.63, 3.8) is 0 Å². The number of aliphatic hydroxyl groups excluding tert-OH is 2. The van der Waals surface area contributed by atoms with Crippen LogP contribution in [-0.2, 0) is 0 Å². The average molecular weight is 331 g/mol. The topological polar surface area (TPSA) is 92.5 Å². The molecular formula is C14H32Cl2N2O2. The van der Waals surface area contributed by atoms with Crippen LogP contribution in [0.1, 0.15) is 64.2 Å². The molecule has 0 aliphatic heterocycles. The maximum atomic E-state index is 9.18. The van der Waals surface area contributed by atoms with E-state index in [0.717, 1.165) is 51.4 Å². The molecule has 2 aliphatic carbocycles. The second-order valence-electron chi connectivity index (χ2n) is 5.87. The molecule has 0 saturated heterocycles. The lowest BCUT2D eigenvalue weighted by molar-refractivity contribution is 0.152. The lowest BCUT2D eigenvalue weighted by Gasteiger charge is -2.09. The van der Waals surface area contributed by atoms with E-state index in [9.17, 15) is 10.2 Å². The summed E-state index contributed by atoms with van der Waals surface area (Å²) in [4.78, 5) is 0. The second kappa shape index (κ2) is 13.1. The molecule has 0 aromatic heterocycles. The molecule has 0 spiro atoms. The Labute approximate surface area is 135 Å². The Kier molecular flexibility index (Phi) is 14.9. The Morgan fingerprint density at radius 2 is 0.900 bits per heavy atom. The smallest absolute Gasteiger partial charge is 0.0555 e. The molecule has 124 valence electrons. The fraction of sp³-hybridized carbons (Fsp3) is 1.00. The minimum absolute atomic E-state index is 0. The van der Waals surface area contributed by atoms with E-state index in [4.69, 9.17) is 11.5 Å². The van der Waals surface area contributed by atoms with Gasteiger partial charge in [-0.1, -0.05) is 25.7 Å².